The van der Waals surface area contributed by atoms with Crippen LogP contribution in [0.25, 0.3) is 0 Å². The fourth-order valence-corrected chi connectivity index (χ4v) is 0.943. The lowest BCUT2D eigenvalue weighted by Crippen LogP contribution is -2.44. The van der Waals surface area contributed by atoms with Crippen LogP contribution in [0, 0.1) is 0 Å². The van der Waals surface area contributed by atoms with Crippen LogP contribution in [0.2, 0.25) is 0 Å². The number of amides is 1. The molecular formula is C10H19NO5. The van der Waals surface area contributed by atoms with Crippen LogP contribution in [0.15, 0.2) is 0 Å². The molecule has 1 atom stereocenters. The van der Waals surface area contributed by atoms with Crippen molar-refractivity contribution >= 4 is 12.1 Å². The molecule has 94 valence electrons. The summed E-state index contributed by atoms with van der Waals surface area (Å²) >= 11 is 0. The number of hydrogen-bond acceptors (Lipinski definition) is 4. The lowest BCUT2D eigenvalue weighted by Gasteiger charge is -2.21. The van der Waals surface area contributed by atoms with E-state index in [0.717, 1.165) is 0 Å². The Morgan fingerprint density at radius 2 is 1.94 bits per heavy atom. The molecule has 6 nitrogen and oxygen atoms in total. The summed E-state index contributed by atoms with van der Waals surface area (Å²) in [5, 5.41) is 11.1. The highest BCUT2D eigenvalue weighted by atomic mass is 16.6. The number of carbonyl (C=O) groups excluding carboxylic acids is 1. The number of methoxy groups -OCH3 is 1. The Bertz CT molecular complexity index is 246. The molecule has 0 aromatic rings. The summed E-state index contributed by atoms with van der Waals surface area (Å²) in [6.07, 6.45) is -0.540. The Hall–Kier alpha value is -1.30. The number of nitrogens with one attached hydrogen (secondary N) is 1. The van der Waals surface area contributed by atoms with Crippen molar-refractivity contribution in [3.05, 3.63) is 0 Å². The maximum Gasteiger partial charge on any atom is 0.408 e. The molecule has 16 heavy (non-hydrogen) atoms. The average Bonchev–Trinajstić information content (AvgIpc) is 2.08. The summed E-state index contributed by atoms with van der Waals surface area (Å²) < 4.78 is 9.69. The minimum absolute atomic E-state index is 0.199. The fourth-order valence-electron chi connectivity index (χ4n) is 0.943. The number of aliphatic carboxylic acids is 1. The molecule has 0 aromatic carbocycles. The first-order valence-electron chi connectivity index (χ1n) is 4.97. The van der Waals surface area contributed by atoms with Gasteiger partial charge in [-0.1, -0.05) is 0 Å². The zero-order valence-electron chi connectivity index (χ0n) is 10.1. The van der Waals surface area contributed by atoms with E-state index in [4.69, 9.17) is 14.6 Å². The SMILES string of the molecule is COCC[C@H](NC(=O)OC(C)(C)C)C(=O)O. The third-order valence-corrected chi connectivity index (χ3v) is 1.60. The van der Waals surface area contributed by atoms with Crippen molar-refractivity contribution in [2.75, 3.05) is 13.7 Å². The predicted molar refractivity (Wildman–Crippen MR) is 57.3 cm³/mol. The second-order valence-corrected chi connectivity index (χ2v) is 4.32. The van der Waals surface area contributed by atoms with Gasteiger partial charge in [-0.15, -0.1) is 0 Å². The maximum absolute atomic E-state index is 11.3. The molecule has 0 bridgehead atoms. The van der Waals surface area contributed by atoms with E-state index in [2.05, 4.69) is 5.32 Å². The summed E-state index contributed by atoms with van der Waals surface area (Å²) in [4.78, 5) is 22.1. The van der Waals surface area contributed by atoms with Crippen LogP contribution in [0.5, 0.6) is 0 Å². The largest absolute Gasteiger partial charge is 0.480 e. The highest BCUT2D eigenvalue weighted by molar-refractivity contribution is 5.79. The lowest BCUT2D eigenvalue weighted by molar-refractivity contribution is -0.140. The van der Waals surface area contributed by atoms with Crippen LogP contribution in [0.4, 0.5) is 4.79 Å². The van der Waals surface area contributed by atoms with Crippen molar-refractivity contribution in [3.8, 4) is 0 Å². The molecule has 0 rings (SSSR count). The molecular weight excluding hydrogens is 214 g/mol. The quantitative estimate of drug-likeness (QED) is 0.740. The predicted octanol–water partition coefficient (Wildman–Crippen LogP) is 1.00. The van der Waals surface area contributed by atoms with E-state index in [-0.39, 0.29) is 13.0 Å². The van der Waals surface area contributed by atoms with E-state index in [1.165, 1.54) is 7.11 Å². The number of hydrogen-bond donors (Lipinski definition) is 2. The van der Waals surface area contributed by atoms with Crippen molar-refractivity contribution in [3.63, 3.8) is 0 Å². The molecule has 0 heterocycles. The molecule has 0 unspecified atom stereocenters. The van der Waals surface area contributed by atoms with Gasteiger partial charge in [0.1, 0.15) is 11.6 Å². The Balaban J connectivity index is 4.19. The van der Waals surface area contributed by atoms with Crippen molar-refractivity contribution in [1.82, 2.24) is 5.32 Å². The zero-order chi connectivity index (χ0) is 12.8. The van der Waals surface area contributed by atoms with Crippen LogP contribution in [-0.4, -0.2) is 42.5 Å². The van der Waals surface area contributed by atoms with Crippen molar-refractivity contribution < 1.29 is 24.2 Å². The highest BCUT2D eigenvalue weighted by Crippen LogP contribution is 2.07. The van der Waals surface area contributed by atoms with Gasteiger partial charge in [0.05, 0.1) is 0 Å². The minimum Gasteiger partial charge on any atom is -0.480 e. The monoisotopic (exact) mass is 233 g/mol. The third kappa shape index (κ3) is 7.05. The van der Waals surface area contributed by atoms with Gasteiger partial charge in [0.15, 0.2) is 0 Å². The first-order chi connectivity index (χ1) is 7.26. The van der Waals surface area contributed by atoms with Gasteiger partial charge >= 0.3 is 12.1 Å². The number of rotatable bonds is 5. The van der Waals surface area contributed by atoms with Gasteiger partial charge in [0.2, 0.25) is 0 Å². The number of alkyl carbamates (subject to hydrolysis) is 1. The maximum atomic E-state index is 11.3. The molecule has 0 saturated heterocycles. The van der Waals surface area contributed by atoms with Crippen molar-refractivity contribution in [2.45, 2.75) is 38.8 Å². The van der Waals surface area contributed by atoms with E-state index in [0.29, 0.717) is 0 Å². The summed E-state index contributed by atoms with van der Waals surface area (Å²) in [6, 6.07) is -0.991. The number of carboxylic acids is 1. The molecule has 0 spiro atoms. The third-order valence-electron chi connectivity index (χ3n) is 1.60. The summed E-state index contributed by atoms with van der Waals surface area (Å²) in [7, 11) is 1.46. The fraction of sp³-hybridized carbons (Fsp3) is 0.800. The van der Waals surface area contributed by atoms with Gasteiger partial charge in [0.25, 0.3) is 0 Å². The lowest BCUT2D eigenvalue weighted by atomic mass is 10.2. The first-order valence-corrected chi connectivity index (χ1v) is 4.97. The second-order valence-electron chi connectivity index (χ2n) is 4.32. The normalized spacial score (nSPS) is 13.0. The summed E-state index contributed by atoms with van der Waals surface area (Å²) in [5.74, 6) is -1.11. The number of ether oxygens (including phenoxy) is 2. The Morgan fingerprint density at radius 1 is 1.38 bits per heavy atom. The van der Waals surface area contributed by atoms with Crippen LogP contribution in [-0.2, 0) is 14.3 Å². The van der Waals surface area contributed by atoms with Gasteiger partial charge in [-0.3, -0.25) is 0 Å². The smallest absolute Gasteiger partial charge is 0.408 e. The van der Waals surface area contributed by atoms with Crippen LogP contribution < -0.4 is 5.32 Å². The van der Waals surface area contributed by atoms with E-state index in [1.807, 2.05) is 0 Å². The van der Waals surface area contributed by atoms with Gasteiger partial charge in [-0.25, -0.2) is 9.59 Å². The van der Waals surface area contributed by atoms with Gasteiger partial charge in [-0.2, -0.15) is 0 Å². The van der Waals surface area contributed by atoms with E-state index in [1.54, 1.807) is 20.8 Å². The summed E-state index contributed by atoms with van der Waals surface area (Å²) in [6.45, 7) is 5.37. The molecule has 0 aliphatic heterocycles. The Labute approximate surface area is 94.9 Å². The topological polar surface area (TPSA) is 84.9 Å². The Morgan fingerprint density at radius 3 is 2.31 bits per heavy atom. The molecule has 0 saturated carbocycles. The van der Waals surface area contributed by atoms with Crippen LogP contribution >= 0.6 is 0 Å². The van der Waals surface area contributed by atoms with E-state index in [9.17, 15) is 9.59 Å². The van der Waals surface area contributed by atoms with Crippen molar-refractivity contribution in [2.24, 2.45) is 0 Å². The number of carboxylic acid groups (broad SMARTS) is 1. The van der Waals surface area contributed by atoms with Crippen LogP contribution in [0.3, 0.4) is 0 Å². The Kier molecular flexibility index (Phi) is 5.81. The highest BCUT2D eigenvalue weighted by Gasteiger charge is 2.23. The van der Waals surface area contributed by atoms with Gasteiger partial charge in [-0.05, 0) is 20.8 Å². The minimum atomic E-state index is -1.11. The van der Waals surface area contributed by atoms with E-state index >= 15 is 0 Å². The number of carbonyl (C=O) groups is 2. The molecule has 0 aromatic heterocycles. The molecule has 0 fully saturated rings. The molecule has 6 heteroatoms. The molecule has 2 N–H and O–H groups in total. The summed E-state index contributed by atoms with van der Waals surface area (Å²) in [5.41, 5.74) is -0.644. The van der Waals surface area contributed by atoms with Gasteiger partial charge in [0, 0.05) is 20.1 Å². The molecule has 1 amide bonds. The zero-order valence-corrected chi connectivity index (χ0v) is 10.1. The van der Waals surface area contributed by atoms with Gasteiger partial charge < -0.3 is 19.9 Å². The molecule has 0 radical (unpaired) electrons. The second kappa shape index (κ2) is 6.32. The molecule has 0 aliphatic rings. The van der Waals surface area contributed by atoms with E-state index < -0.39 is 23.7 Å². The first kappa shape index (κ1) is 14.7. The standard InChI is InChI=1S/C10H19NO5/c1-10(2,3)16-9(14)11-7(8(12)13)5-6-15-4/h7H,5-6H2,1-4H3,(H,11,14)(H,12,13)/t7-/m0/s1. The van der Waals surface area contributed by atoms with Crippen LogP contribution in [0.1, 0.15) is 27.2 Å². The molecule has 0 aliphatic carbocycles. The average molecular weight is 233 g/mol. The van der Waals surface area contributed by atoms with Crippen molar-refractivity contribution in [1.29, 1.82) is 0 Å².